The number of hydrogen-bond acceptors (Lipinski definition) is 8. The summed E-state index contributed by atoms with van der Waals surface area (Å²) in [6.45, 7) is -0.569. The van der Waals surface area contributed by atoms with Crippen molar-refractivity contribution in [2.24, 2.45) is 0 Å². The molecule has 0 saturated carbocycles. The van der Waals surface area contributed by atoms with Crippen LogP contribution < -0.4 is 5.32 Å². The summed E-state index contributed by atoms with van der Waals surface area (Å²) in [5.41, 5.74) is -0.00864. The average molecular weight is 285 g/mol. The normalized spacial score (nSPS) is 33.7. The Morgan fingerprint density at radius 1 is 1.30 bits per heavy atom. The Bertz CT molecular complexity index is 459. The minimum absolute atomic E-state index is 0.00864. The molecule has 1 saturated heterocycles. The van der Waals surface area contributed by atoms with E-state index in [1.807, 2.05) is 0 Å². The van der Waals surface area contributed by atoms with Crippen molar-refractivity contribution in [3.05, 3.63) is 24.3 Å². The molecule has 2 rings (SSSR count). The van der Waals surface area contributed by atoms with E-state index in [0.29, 0.717) is 0 Å². The topological polar surface area (TPSA) is 145 Å². The molecule has 1 aliphatic rings. The predicted octanol–water partition coefficient (Wildman–Crippen LogP) is -2.99. The van der Waals surface area contributed by atoms with Gasteiger partial charge in [-0.15, -0.1) is 0 Å². The first-order valence-corrected chi connectivity index (χ1v) is 5.92. The van der Waals surface area contributed by atoms with E-state index < -0.39 is 43.2 Å². The van der Waals surface area contributed by atoms with Gasteiger partial charge in [0, 0.05) is 12.4 Å². The van der Waals surface area contributed by atoms with Gasteiger partial charge in [0.15, 0.2) is 6.29 Å². The Labute approximate surface area is 113 Å². The molecule has 1 amide bonds. The number of amides is 1. The number of carbonyl (C=O) groups excluding carboxylic acids is 1. The molecule has 110 valence electrons. The van der Waals surface area contributed by atoms with Crippen LogP contribution in [0.25, 0.3) is 0 Å². The molecule has 0 radical (unpaired) electrons. The SMILES string of the molecule is O=C(NC1C(O)O[C@H](CO)C(O)[C@@H]1O)c1cnccn1. The van der Waals surface area contributed by atoms with Crippen LogP contribution in [0.15, 0.2) is 18.6 Å². The van der Waals surface area contributed by atoms with Crippen LogP contribution >= 0.6 is 0 Å². The first-order chi connectivity index (χ1) is 9.54. The highest BCUT2D eigenvalue weighted by Gasteiger charge is 2.44. The molecule has 3 unspecified atom stereocenters. The van der Waals surface area contributed by atoms with Crippen molar-refractivity contribution in [3.8, 4) is 0 Å². The van der Waals surface area contributed by atoms with Gasteiger partial charge in [-0.1, -0.05) is 0 Å². The van der Waals surface area contributed by atoms with E-state index in [9.17, 15) is 20.1 Å². The summed E-state index contributed by atoms with van der Waals surface area (Å²) in [7, 11) is 0. The maximum Gasteiger partial charge on any atom is 0.271 e. The van der Waals surface area contributed by atoms with Crippen molar-refractivity contribution in [3.63, 3.8) is 0 Å². The molecule has 0 spiro atoms. The average Bonchev–Trinajstić information content (AvgIpc) is 2.48. The lowest BCUT2D eigenvalue weighted by Gasteiger charge is -2.40. The van der Waals surface area contributed by atoms with Crippen LogP contribution in [0.2, 0.25) is 0 Å². The van der Waals surface area contributed by atoms with E-state index in [0.717, 1.165) is 0 Å². The minimum Gasteiger partial charge on any atom is -0.394 e. The van der Waals surface area contributed by atoms with Crippen LogP contribution in [0, 0.1) is 0 Å². The van der Waals surface area contributed by atoms with Crippen molar-refractivity contribution >= 4 is 5.91 Å². The lowest BCUT2D eigenvalue weighted by atomic mass is 9.97. The van der Waals surface area contributed by atoms with Gasteiger partial charge < -0.3 is 30.5 Å². The van der Waals surface area contributed by atoms with E-state index in [4.69, 9.17) is 9.84 Å². The quantitative estimate of drug-likeness (QED) is 0.395. The summed E-state index contributed by atoms with van der Waals surface area (Å²) in [5, 5.41) is 40.5. The molecule has 20 heavy (non-hydrogen) atoms. The van der Waals surface area contributed by atoms with Gasteiger partial charge in [0.05, 0.1) is 12.8 Å². The number of nitrogens with one attached hydrogen (secondary N) is 1. The highest BCUT2D eigenvalue weighted by atomic mass is 16.6. The van der Waals surface area contributed by atoms with Gasteiger partial charge in [0.1, 0.15) is 30.0 Å². The Kier molecular flexibility index (Phi) is 4.57. The second kappa shape index (κ2) is 6.20. The van der Waals surface area contributed by atoms with Crippen molar-refractivity contribution in [1.29, 1.82) is 0 Å². The second-order valence-corrected chi connectivity index (χ2v) is 4.32. The summed E-state index contributed by atoms with van der Waals surface area (Å²) in [4.78, 5) is 19.3. The molecule has 0 bridgehead atoms. The smallest absolute Gasteiger partial charge is 0.271 e. The Hall–Kier alpha value is -1.65. The summed E-state index contributed by atoms with van der Waals surface area (Å²) in [6.07, 6.45) is -1.69. The Morgan fingerprint density at radius 2 is 2.05 bits per heavy atom. The van der Waals surface area contributed by atoms with Crippen molar-refractivity contribution in [2.45, 2.75) is 30.6 Å². The Balaban J connectivity index is 2.07. The van der Waals surface area contributed by atoms with Gasteiger partial charge in [0.25, 0.3) is 5.91 Å². The highest BCUT2D eigenvalue weighted by molar-refractivity contribution is 5.92. The molecule has 0 aromatic carbocycles. The number of rotatable bonds is 3. The number of aliphatic hydroxyl groups excluding tert-OH is 4. The number of aliphatic hydroxyl groups is 4. The van der Waals surface area contributed by atoms with Crippen LogP contribution in [0.4, 0.5) is 0 Å². The maximum atomic E-state index is 11.8. The van der Waals surface area contributed by atoms with Crippen molar-refractivity contribution < 1.29 is 30.0 Å². The fourth-order valence-electron chi connectivity index (χ4n) is 1.89. The molecular weight excluding hydrogens is 270 g/mol. The summed E-state index contributed by atoms with van der Waals surface area (Å²) >= 11 is 0. The number of ether oxygens (including phenoxy) is 1. The zero-order chi connectivity index (χ0) is 14.7. The fourth-order valence-corrected chi connectivity index (χ4v) is 1.89. The van der Waals surface area contributed by atoms with E-state index in [1.54, 1.807) is 0 Å². The molecule has 2 heterocycles. The number of carbonyl (C=O) groups is 1. The van der Waals surface area contributed by atoms with E-state index >= 15 is 0 Å². The first kappa shape index (κ1) is 14.8. The van der Waals surface area contributed by atoms with Crippen LogP contribution in [0.5, 0.6) is 0 Å². The molecule has 5 N–H and O–H groups in total. The lowest BCUT2D eigenvalue weighted by Crippen LogP contribution is -2.64. The predicted molar refractivity (Wildman–Crippen MR) is 63.3 cm³/mol. The largest absolute Gasteiger partial charge is 0.394 e. The maximum absolute atomic E-state index is 11.8. The highest BCUT2D eigenvalue weighted by Crippen LogP contribution is 2.19. The molecule has 9 heteroatoms. The molecule has 1 aromatic rings. The van der Waals surface area contributed by atoms with Crippen LogP contribution in [-0.2, 0) is 4.74 Å². The fraction of sp³-hybridized carbons (Fsp3) is 0.545. The molecule has 1 fully saturated rings. The molecule has 5 atom stereocenters. The van der Waals surface area contributed by atoms with Gasteiger partial charge in [-0.2, -0.15) is 0 Å². The van der Waals surface area contributed by atoms with E-state index in [1.165, 1.54) is 18.6 Å². The van der Waals surface area contributed by atoms with Gasteiger partial charge in [-0.05, 0) is 0 Å². The van der Waals surface area contributed by atoms with Crippen LogP contribution in [0.1, 0.15) is 10.5 Å². The first-order valence-electron chi connectivity index (χ1n) is 5.92. The van der Waals surface area contributed by atoms with E-state index in [2.05, 4.69) is 15.3 Å². The molecule has 0 aliphatic carbocycles. The Morgan fingerprint density at radius 3 is 2.65 bits per heavy atom. The third-order valence-corrected chi connectivity index (χ3v) is 2.99. The number of hydrogen-bond donors (Lipinski definition) is 5. The zero-order valence-electron chi connectivity index (χ0n) is 10.3. The summed E-state index contributed by atoms with van der Waals surface area (Å²) in [5.74, 6) is -0.681. The number of aromatic nitrogens is 2. The molecule has 1 aliphatic heterocycles. The summed E-state index contributed by atoms with van der Waals surface area (Å²) in [6, 6.07) is -1.25. The summed E-state index contributed by atoms with van der Waals surface area (Å²) < 4.78 is 4.91. The van der Waals surface area contributed by atoms with Crippen LogP contribution in [-0.4, -0.2) is 73.6 Å². The number of nitrogens with zero attached hydrogens (tertiary/aromatic N) is 2. The van der Waals surface area contributed by atoms with Crippen LogP contribution in [0.3, 0.4) is 0 Å². The molecular formula is C11H15N3O6. The molecule has 1 aromatic heterocycles. The van der Waals surface area contributed by atoms with Gasteiger partial charge in [-0.3, -0.25) is 9.78 Å². The van der Waals surface area contributed by atoms with E-state index in [-0.39, 0.29) is 5.69 Å². The van der Waals surface area contributed by atoms with Crippen molar-refractivity contribution in [2.75, 3.05) is 6.61 Å². The third kappa shape index (κ3) is 2.92. The monoisotopic (exact) mass is 285 g/mol. The third-order valence-electron chi connectivity index (χ3n) is 2.99. The van der Waals surface area contributed by atoms with Gasteiger partial charge >= 0.3 is 0 Å². The van der Waals surface area contributed by atoms with Crippen molar-refractivity contribution in [1.82, 2.24) is 15.3 Å². The zero-order valence-corrected chi connectivity index (χ0v) is 10.3. The second-order valence-electron chi connectivity index (χ2n) is 4.32. The van der Waals surface area contributed by atoms with Gasteiger partial charge in [0.2, 0.25) is 0 Å². The van der Waals surface area contributed by atoms with Gasteiger partial charge in [-0.25, -0.2) is 4.98 Å². The lowest BCUT2D eigenvalue weighted by molar-refractivity contribution is -0.252. The minimum atomic E-state index is -1.56. The molecule has 9 nitrogen and oxygen atoms in total. The standard InChI is InChI=1S/C11H15N3O6/c15-4-6-8(16)9(17)7(11(19)20-6)14-10(18)5-3-12-1-2-13-5/h1-3,6-9,11,15-17,19H,4H2,(H,14,18)/t6-,7?,8?,9-,11?/m1/s1.